The number of nitrogens with zero attached hydrogens (tertiary/aromatic N) is 3. The Kier molecular flexibility index (Phi) is 7.12. The summed E-state index contributed by atoms with van der Waals surface area (Å²) < 4.78 is 43.1. The summed E-state index contributed by atoms with van der Waals surface area (Å²) in [5.41, 5.74) is 2.34. The highest BCUT2D eigenvalue weighted by atomic mass is 19.4. The zero-order valence-corrected chi connectivity index (χ0v) is 18.1. The van der Waals surface area contributed by atoms with Crippen LogP contribution >= 0.6 is 0 Å². The lowest BCUT2D eigenvalue weighted by atomic mass is 9.98. The molecule has 0 spiro atoms. The van der Waals surface area contributed by atoms with Crippen molar-refractivity contribution in [3.63, 3.8) is 0 Å². The summed E-state index contributed by atoms with van der Waals surface area (Å²) >= 11 is 0. The molecule has 1 aliphatic heterocycles. The Morgan fingerprint density at radius 3 is 2.67 bits per heavy atom. The standard InChI is InChI=1S/C23H26F3N5O2/c24-23(25,26)33-18-3-1-17(2-4-18)15-31-20-14-28-12-9-19(20)30-21(31)5-6-22(32)29-13-16-7-10-27-11-8-16/h1-4,9,12,14,16,27H,5-8,10-11,13,15H2,(H,29,32). The van der Waals surface area contributed by atoms with Gasteiger partial charge in [0.1, 0.15) is 11.6 Å². The van der Waals surface area contributed by atoms with Crippen LogP contribution in [-0.4, -0.2) is 46.4 Å². The molecule has 0 radical (unpaired) electrons. The van der Waals surface area contributed by atoms with Crippen LogP contribution in [0.5, 0.6) is 5.75 Å². The molecule has 7 nitrogen and oxygen atoms in total. The number of piperidine rings is 1. The number of imidazole rings is 1. The minimum atomic E-state index is -4.73. The van der Waals surface area contributed by atoms with Gasteiger partial charge in [0, 0.05) is 32.1 Å². The zero-order chi connectivity index (χ0) is 23.3. The number of alkyl halides is 3. The second-order valence-electron chi connectivity index (χ2n) is 8.17. The number of nitrogens with one attached hydrogen (secondary N) is 2. The number of aryl methyl sites for hydroxylation is 1. The number of benzene rings is 1. The van der Waals surface area contributed by atoms with Gasteiger partial charge in [-0.2, -0.15) is 0 Å². The van der Waals surface area contributed by atoms with Gasteiger partial charge in [0.25, 0.3) is 0 Å². The zero-order valence-electron chi connectivity index (χ0n) is 18.1. The summed E-state index contributed by atoms with van der Waals surface area (Å²) in [7, 11) is 0. The van der Waals surface area contributed by atoms with Crippen LogP contribution in [0.3, 0.4) is 0 Å². The van der Waals surface area contributed by atoms with Crippen molar-refractivity contribution in [3.05, 3.63) is 54.1 Å². The number of carbonyl (C=O) groups excluding carboxylic acids is 1. The molecular weight excluding hydrogens is 435 g/mol. The Hall–Kier alpha value is -3.14. The molecular formula is C23H26F3N5O2. The second-order valence-corrected chi connectivity index (χ2v) is 8.17. The number of pyridine rings is 1. The molecule has 2 aromatic heterocycles. The van der Waals surface area contributed by atoms with E-state index < -0.39 is 6.36 Å². The predicted octanol–water partition coefficient (Wildman–Crippen LogP) is 3.43. The molecule has 0 unspecified atom stereocenters. The maximum atomic E-state index is 12.4. The van der Waals surface area contributed by atoms with E-state index in [0.717, 1.165) is 48.4 Å². The third-order valence-corrected chi connectivity index (χ3v) is 5.75. The average Bonchev–Trinajstić information content (AvgIpc) is 3.14. The highest BCUT2D eigenvalue weighted by Gasteiger charge is 2.31. The average molecular weight is 461 g/mol. The monoisotopic (exact) mass is 461 g/mol. The topological polar surface area (TPSA) is 81.1 Å². The Morgan fingerprint density at radius 1 is 1.18 bits per heavy atom. The molecule has 10 heteroatoms. The lowest BCUT2D eigenvalue weighted by Gasteiger charge is -2.22. The lowest BCUT2D eigenvalue weighted by molar-refractivity contribution is -0.274. The van der Waals surface area contributed by atoms with E-state index >= 15 is 0 Å². The van der Waals surface area contributed by atoms with Crippen molar-refractivity contribution in [1.29, 1.82) is 0 Å². The fraction of sp³-hybridized carbons (Fsp3) is 0.435. The molecule has 2 N–H and O–H groups in total. The van der Waals surface area contributed by atoms with Crippen LogP contribution in [0.25, 0.3) is 11.0 Å². The van der Waals surface area contributed by atoms with Gasteiger partial charge in [0.2, 0.25) is 5.91 Å². The molecule has 1 aliphatic rings. The summed E-state index contributed by atoms with van der Waals surface area (Å²) in [4.78, 5) is 21.2. The quantitative estimate of drug-likeness (QED) is 0.537. The van der Waals surface area contributed by atoms with Crippen LogP contribution in [0.1, 0.15) is 30.7 Å². The first-order chi connectivity index (χ1) is 15.9. The van der Waals surface area contributed by atoms with E-state index in [-0.39, 0.29) is 11.7 Å². The Balaban J connectivity index is 1.42. The van der Waals surface area contributed by atoms with E-state index in [0.29, 0.717) is 31.8 Å². The van der Waals surface area contributed by atoms with Crippen LogP contribution in [0.15, 0.2) is 42.7 Å². The number of aromatic nitrogens is 3. The first kappa shape index (κ1) is 23.0. The molecule has 33 heavy (non-hydrogen) atoms. The third kappa shape index (κ3) is 6.44. The molecule has 3 aromatic rings. The van der Waals surface area contributed by atoms with Crippen LogP contribution in [0.4, 0.5) is 13.2 Å². The van der Waals surface area contributed by atoms with Gasteiger partial charge < -0.3 is 19.9 Å². The molecule has 1 aromatic carbocycles. The van der Waals surface area contributed by atoms with Gasteiger partial charge in [-0.1, -0.05) is 12.1 Å². The fourth-order valence-corrected chi connectivity index (χ4v) is 4.02. The summed E-state index contributed by atoms with van der Waals surface area (Å²) in [6.45, 7) is 3.05. The van der Waals surface area contributed by atoms with Crippen molar-refractivity contribution in [2.75, 3.05) is 19.6 Å². The third-order valence-electron chi connectivity index (χ3n) is 5.75. The maximum Gasteiger partial charge on any atom is 0.573 e. The first-order valence-electron chi connectivity index (χ1n) is 11.0. The molecule has 0 atom stereocenters. The van der Waals surface area contributed by atoms with Gasteiger partial charge in [-0.15, -0.1) is 13.2 Å². The minimum Gasteiger partial charge on any atom is -0.406 e. The van der Waals surface area contributed by atoms with Gasteiger partial charge >= 0.3 is 6.36 Å². The summed E-state index contributed by atoms with van der Waals surface area (Å²) in [5.74, 6) is 0.953. The van der Waals surface area contributed by atoms with Gasteiger partial charge in [0.15, 0.2) is 0 Å². The van der Waals surface area contributed by atoms with Gasteiger partial charge in [-0.05, 0) is 55.6 Å². The molecule has 176 valence electrons. The molecule has 0 aliphatic carbocycles. The van der Waals surface area contributed by atoms with Crippen LogP contribution in [0, 0.1) is 5.92 Å². The second kappa shape index (κ2) is 10.2. The van der Waals surface area contributed by atoms with Crippen molar-refractivity contribution in [2.24, 2.45) is 5.92 Å². The fourth-order valence-electron chi connectivity index (χ4n) is 4.02. The maximum absolute atomic E-state index is 12.4. The van der Waals surface area contributed by atoms with E-state index in [1.807, 2.05) is 4.57 Å². The van der Waals surface area contributed by atoms with E-state index in [9.17, 15) is 18.0 Å². The molecule has 1 amide bonds. The summed E-state index contributed by atoms with van der Waals surface area (Å²) in [5, 5.41) is 6.34. The van der Waals surface area contributed by atoms with E-state index in [1.165, 1.54) is 12.1 Å². The number of amides is 1. The Bertz CT molecular complexity index is 1080. The van der Waals surface area contributed by atoms with Crippen molar-refractivity contribution in [1.82, 2.24) is 25.2 Å². The summed E-state index contributed by atoms with van der Waals surface area (Å²) in [6.07, 6.45) is 1.51. The van der Waals surface area contributed by atoms with Gasteiger partial charge in [-0.25, -0.2) is 4.98 Å². The van der Waals surface area contributed by atoms with Crippen molar-refractivity contribution in [3.8, 4) is 5.75 Å². The van der Waals surface area contributed by atoms with E-state index in [4.69, 9.17) is 0 Å². The van der Waals surface area contributed by atoms with Crippen molar-refractivity contribution >= 4 is 16.9 Å². The van der Waals surface area contributed by atoms with Crippen molar-refractivity contribution in [2.45, 2.75) is 38.6 Å². The number of rotatable bonds is 8. The molecule has 4 rings (SSSR count). The van der Waals surface area contributed by atoms with E-state index in [2.05, 4.69) is 25.3 Å². The predicted molar refractivity (Wildman–Crippen MR) is 117 cm³/mol. The summed E-state index contributed by atoms with van der Waals surface area (Å²) in [6, 6.07) is 7.53. The minimum absolute atomic E-state index is 0.0149. The smallest absolute Gasteiger partial charge is 0.406 e. The number of ether oxygens (including phenoxy) is 1. The van der Waals surface area contributed by atoms with Crippen molar-refractivity contribution < 1.29 is 22.7 Å². The number of carbonyl (C=O) groups is 1. The molecule has 0 saturated carbocycles. The molecule has 3 heterocycles. The molecule has 0 bridgehead atoms. The number of halogens is 3. The number of fused-ring (bicyclic) bond motifs is 1. The highest BCUT2D eigenvalue weighted by molar-refractivity contribution is 5.77. The molecule has 1 saturated heterocycles. The SMILES string of the molecule is O=C(CCc1nc2ccncc2n1Cc1ccc(OC(F)(F)F)cc1)NCC1CCNCC1. The van der Waals surface area contributed by atoms with Crippen LogP contribution < -0.4 is 15.4 Å². The lowest BCUT2D eigenvalue weighted by Crippen LogP contribution is -2.36. The normalized spacial score (nSPS) is 15.0. The molecule has 1 fully saturated rings. The van der Waals surface area contributed by atoms with E-state index in [1.54, 1.807) is 30.6 Å². The van der Waals surface area contributed by atoms with Crippen LogP contribution in [-0.2, 0) is 17.8 Å². The van der Waals surface area contributed by atoms with Gasteiger partial charge in [0.05, 0.1) is 17.2 Å². The van der Waals surface area contributed by atoms with Gasteiger partial charge in [-0.3, -0.25) is 9.78 Å². The number of hydrogen-bond acceptors (Lipinski definition) is 5. The first-order valence-corrected chi connectivity index (χ1v) is 11.0. The Labute approximate surface area is 189 Å². The Morgan fingerprint density at radius 2 is 1.94 bits per heavy atom. The largest absolute Gasteiger partial charge is 0.573 e. The van der Waals surface area contributed by atoms with Crippen LogP contribution in [0.2, 0.25) is 0 Å². The highest BCUT2D eigenvalue weighted by Crippen LogP contribution is 2.24. The number of hydrogen-bond donors (Lipinski definition) is 2.